The van der Waals surface area contributed by atoms with Gasteiger partial charge in [0, 0.05) is 37.9 Å². The lowest BCUT2D eigenvalue weighted by molar-refractivity contribution is -0.126. The van der Waals surface area contributed by atoms with Gasteiger partial charge in [-0.15, -0.1) is 0 Å². The molecule has 4 nitrogen and oxygen atoms in total. The van der Waals surface area contributed by atoms with Crippen molar-refractivity contribution in [3.05, 3.63) is 60.1 Å². The molecule has 0 unspecified atom stereocenters. The van der Waals surface area contributed by atoms with Crippen LogP contribution >= 0.6 is 0 Å². The third-order valence-electron chi connectivity index (χ3n) is 3.86. The highest BCUT2D eigenvalue weighted by atomic mass is 16.3. The van der Waals surface area contributed by atoms with E-state index in [1.165, 1.54) is 5.69 Å². The number of piperazine rings is 1. The molecule has 1 aliphatic rings. The second-order valence-electron chi connectivity index (χ2n) is 5.43. The van der Waals surface area contributed by atoms with E-state index in [9.17, 15) is 4.79 Å². The van der Waals surface area contributed by atoms with Crippen molar-refractivity contribution in [1.29, 1.82) is 0 Å². The zero-order valence-corrected chi connectivity index (χ0v) is 12.7. The monoisotopic (exact) mass is 296 g/mol. The van der Waals surface area contributed by atoms with E-state index in [-0.39, 0.29) is 5.91 Å². The molecule has 0 saturated carbocycles. The van der Waals surface area contributed by atoms with E-state index >= 15 is 0 Å². The second kappa shape index (κ2) is 6.52. The minimum atomic E-state index is 0.0433. The van der Waals surface area contributed by atoms with Crippen LogP contribution in [0.1, 0.15) is 11.5 Å². The van der Waals surface area contributed by atoms with E-state index in [4.69, 9.17) is 4.42 Å². The number of para-hydroxylation sites is 1. The molecular weight excluding hydrogens is 276 g/mol. The number of aryl methyl sites for hydroxylation is 1. The van der Waals surface area contributed by atoms with E-state index in [2.05, 4.69) is 17.0 Å². The lowest BCUT2D eigenvalue weighted by Crippen LogP contribution is -2.48. The molecule has 1 amide bonds. The van der Waals surface area contributed by atoms with E-state index in [1.54, 1.807) is 12.2 Å². The van der Waals surface area contributed by atoms with Gasteiger partial charge in [0.2, 0.25) is 5.91 Å². The Balaban J connectivity index is 1.55. The minimum absolute atomic E-state index is 0.0433. The highest BCUT2D eigenvalue weighted by molar-refractivity contribution is 5.91. The lowest BCUT2D eigenvalue weighted by Gasteiger charge is -2.35. The summed E-state index contributed by atoms with van der Waals surface area (Å²) in [5.41, 5.74) is 1.22. The molecule has 0 radical (unpaired) electrons. The highest BCUT2D eigenvalue weighted by Gasteiger charge is 2.19. The summed E-state index contributed by atoms with van der Waals surface area (Å²) in [5.74, 6) is 1.61. The number of benzene rings is 1. The highest BCUT2D eigenvalue weighted by Crippen LogP contribution is 2.16. The summed E-state index contributed by atoms with van der Waals surface area (Å²) >= 11 is 0. The van der Waals surface area contributed by atoms with Crippen molar-refractivity contribution in [2.75, 3.05) is 31.1 Å². The summed E-state index contributed by atoms with van der Waals surface area (Å²) in [4.78, 5) is 16.4. The predicted octanol–water partition coefficient (Wildman–Crippen LogP) is 2.95. The molecule has 114 valence electrons. The van der Waals surface area contributed by atoms with Crippen LogP contribution in [-0.4, -0.2) is 37.0 Å². The van der Waals surface area contributed by atoms with Crippen molar-refractivity contribution in [2.45, 2.75) is 6.92 Å². The fraction of sp³-hybridized carbons (Fsp3) is 0.278. The molecular formula is C18H20N2O2. The van der Waals surface area contributed by atoms with E-state index in [1.807, 2.05) is 42.2 Å². The van der Waals surface area contributed by atoms with Crippen molar-refractivity contribution < 1.29 is 9.21 Å². The first-order valence-electron chi connectivity index (χ1n) is 7.56. The number of carbonyl (C=O) groups is 1. The Kier molecular flexibility index (Phi) is 4.28. The molecule has 22 heavy (non-hydrogen) atoms. The zero-order valence-electron chi connectivity index (χ0n) is 12.7. The molecule has 4 heteroatoms. The third-order valence-corrected chi connectivity index (χ3v) is 3.86. The summed E-state index contributed by atoms with van der Waals surface area (Å²) in [6, 6.07) is 14.1. The first-order chi connectivity index (χ1) is 10.7. The smallest absolute Gasteiger partial charge is 0.246 e. The Morgan fingerprint density at radius 1 is 1.05 bits per heavy atom. The largest absolute Gasteiger partial charge is 0.462 e. The molecule has 1 aromatic heterocycles. The maximum atomic E-state index is 12.2. The second-order valence-corrected chi connectivity index (χ2v) is 5.43. The van der Waals surface area contributed by atoms with Gasteiger partial charge in [-0.05, 0) is 37.3 Å². The molecule has 0 spiro atoms. The molecule has 0 bridgehead atoms. The van der Waals surface area contributed by atoms with Crippen LogP contribution in [0.25, 0.3) is 6.08 Å². The standard InChI is InChI=1S/C18H20N2O2/c1-15-7-8-17(22-15)9-10-18(21)20-13-11-19(12-14-20)16-5-3-2-4-6-16/h2-10H,11-14H2,1H3. The molecule has 2 aromatic rings. The molecule has 1 saturated heterocycles. The first-order valence-corrected chi connectivity index (χ1v) is 7.56. The van der Waals surface area contributed by atoms with Gasteiger partial charge in [-0.2, -0.15) is 0 Å². The average Bonchev–Trinajstić information content (AvgIpc) is 2.99. The van der Waals surface area contributed by atoms with Gasteiger partial charge in [0.05, 0.1) is 0 Å². The Labute approximate surface area is 130 Å². The number of rotatable bonds is 3. The van der Waals surface area contributed by atoms with Crippen LogP contribution in [0.4, 0.5) is 5.69 Å². The Morgan fingerprint density at radius 2 is 1.77 bits per heavy atom. The molecule has 0 N–H and O–H groups in total. The van der Waals surface area contributed by atoms with Crippen molar-refractivity contribution in [1.82, 2.24) is 4.90 Å². The van der Waals surface area contributed by atoms with Crippen molar-refractivity contribution in [2.24, 2.45) is 0 Å². The Bertz CT molecular complexity index is 653. The van der Waals surface area contributed by atoms with Crippen LogP contribution in [0, 0.1) is 6.92 Å². The molecule has 2 heterocycles. The molecule has 0 aliphatic carbocycles. The average molecular weight is 296 g/mol. The number of carbonyl (C=O) groups excluding carboxylic acids is 1. The maximum Gasteiger partial charge on any atom is 0.246 e. The van der Waals surface area contributed by atoms with Gasteiger partial charge in [0.1, 0.15) is 11.5 Å². The number of furan rings is 1. The summed E-state index contributed by atoms with van der Waals surface area (Å²) in [6.07, 6.45) is 3.33. The molecule has 0 atom stereocenters. The van der Waals surface area contributed by atoms with Crippen LogP contribution in [0.5, 0.6) is 0 Å². The topological polar surface area (TPSA) is 36.7 Å². The van der Waals surface area contributed by atoms with E-state index in [0.717, 1.165) is 31.9 Å². The van der Waals surface area contributed by atoms with Crippen LogP contribution in [0.15, 0.2) is 53.0 Å². The van der Waals surface area contributed by atoms with E-state index < -0.39 is 0 Å². The number of hydrogen-bond acceptors (Lipinski definition) is 3. The summed E-state index contributed by atoms with van der Waals surface area (Å²) < 4.78 is 5.43. The minimum Gasteiger partial charge on any atom is -0.462 e. The maximum absolute atomic E-state index is 12.2. The fourth-order valence-electron chi connectivity index (χ4n) is 2.63. The Morgan fingerprint density at radius 3 is 2.41 bits per heavy atom. The molecule has 1 aliphatic heterocycles. The van der Waals surface area contributed by atoms with Gasteiger partial charge in [-0.3, -0.25) is 4.79 Å². The first kappa shape index (κ1) is 14.4. The van der Waals surface area contributed by atoms with Gasteiger partial charge in [-0.25, -0.2) is 0 Å². The number of anilines is 1. The summed E-state index contributed by atoms with van der Waals surface area (Å²) in [6.45, 7) is 5.11. The van der Waals surface area contributed by atoms with Gasteiger partial charge in [0.25, 0.3) is 0 Å². The van der Waals surface area contributed by atoms with Crippen LogP contribution < -0.4 is 4.90 Å². The van der Waals surface area contributed by atoms with Crippen LogP contribution in [0.2, 0.25) is 0 Å². The number of hydrogen-bond donors (Lipinski definition) is 0. The van der Waals surface area contributed by atoms with Crippen molar-refractivity contribution in [3.8, 4) is 0 Å². The van der Waals surface area contributed by atoms with Crippen LogP contribution in [-0.2, 0) is 4.79 Å². The number of nitrogens with zero attached hydrogens (tertiary/aromatic N) is 2. The third kappa shape index (κ3) is 3.39. The fourth-order valence-corrected chi connectivity index (χ4v) is 2.63. The van der Waals surface area contributed by atoms with Crippen LogP contribution in [0.3, 0.4) is 0 Å². The Hall–Kier alpha value is -2.49. The number of amides is 1. The predicted molar refractivity (Wildman–Crippen MR) is 87.7 cm³/mol. The molecule has 3 rings (SSSR count). The lowest BCUT2D eigenvalue weighted by atomic mass is 10.2. The van der Waals surface area contributed by atoms with Gasteiger partial charge in [0.15, 0.2) is 0 Å². The molecule has 1 aromatic carbocycles. The van der Waals surface area contributed by atoms with Gasteiger partial charge in [-0.1, -0.05) is 18.2 Å². The molecule has 1 fully saturated rings. The normalized spacial score (nSPS) is 15.5. The van der Waals surface area contributed by atoms with Gasteiger partial charge >= 0.3 is 0 Å². The van der Waals surface area contributed by atoms with Crippen molar-refractivity contribution >= 4 is 17.7 Å². The summed E-state index contributed by atoms with van der Waals surface area (Å²) in [7, 11) is 0. The van der Waals surface area contributed by atoms with Crippen molar-refractivity contribution in [3.63, 3.8) is 0 Å². The van der Waals surface area contributed by atoms with E-state index in [0.29, 0.717) is 5.76 Å². The zero-order chi connectivity index (χ0) is 15.4. The summed E-state index contributed by atoms with van der Waals surface area (Å²) in [5, 5.41) is 0. The SMILES string of the molecule is Cc1ccc(C=CC(=O)N2CCN(c3ccccc3)CC2)o1. The van der Waals surface area contributed by atoms with Gasteiger partial charge < -0.3 is 14.2 Å². The quantitative estimate of drug-likeness (QED) is 0.817.